The lowest BCUT2D eigenvalue weighted by atomic mass is 10.2. The molecule has 11 heteroatoms. The molecule has 0 atom stereocenters. The van der Waals surface area contributed by atoms with Crippen molar-refractivity contribution in [1.29, 1.82) is 5.41 Å². The van der Waals surface area contributed by atoms with Crippen LogP contribution in [0.2, 0.25) is 9.36 Å². The molecule has 0 aliphatic carbocycles. The number of halogens is 2. The summed E-state index contributed by atoms with van der Waals surface area (Å²) in [4.78, 5) is 1.74. The Kier molecular flexibility index (Phi) is 4.55. The molecule has 0 spiro atoms. The predicted octanol–water partition coefficient (Wildman–Crippen LogP) is 4.66. The predicted molar refractivity (Wildman–Crippen MR) is 108 cm³/mol. The molecule has 140 valence electrons. The summed E-state index contributed by atoms with van der Waals surface area (Å²) in [6.45, 7) is 0.372. The minimum Gasteiger partial charge on any atom is -0.448 e. The Hall–Kier alpha value is -2.20. The van der Waals surface area contributed by atoms with Crippen LogP contribution in [0, 0.1) is 5.41 Å². The lowest BCUT2D eigenvalue weighted by Crippen LogP contribution is -2.39. The summed E-state index contributed by atoms with van der Waals surface area (Å²) in [7, 11) is -3.78. The van der Waals surface area contributed by atoms with Gasteiger partial charge >= 0.3 is 0 Å². The highest BCUT2D eigenvalue weighted by Gasteiger charge is 2.24. The summed E-state index contributed by atoms with van der Waals surface area (Å²) in [5, 5.41) is 11.6. The number of rotatable bonds is 4. The standard InChI is InChI=1S/C16H12Cl2N4O3S2/c17-12-7-13(26-14(12)18)27(23,24)21-9-1-3-10(4-2-9)22-8-20-16-11(15(22)19)5-6-25-16/h1-7,19-21H,8H2. The van der Waals surface area contributed by atoms with Gasteiger partial charge in [0.05, 0.1) is 23.5 Å². The molecule has 0 saturated heterocycles. The molecule has 0 radical (unpaired) electrons. The third kappa shape index (κ3) is 3.39. The molecule has 0 amide bonds. The number of benzene rings is 1. The first-order chi connectivity index (χ1) is 12.8. The van der Waals surface area contributed by atoms with Gasteiger partial charge in [0, 0.05) is 11.4 Å². The molecule has 7 nitrogen and oxygen atoms in total. The van der Waals surface area contributed by atoms with E-state index < -0.39 is 10.0 Å². The molecule has 4 rings (SSSR count). The molecule has 1 aromatic carbocycles. The lowest BCUT2D eigenvalue weighted by molar-refractivity contribution is 0.577. The van der Waals surface area contributed by atoms with E-state index in [4.69, 9.17) is 33.0 Å². The van der Waals surface area contributed by atoms with Crippen LogP contribution in [0.5, 0.6) is 0 Å². The van der Waals surface area contributed by atoms with Gasteiger partial charge in [0.1, 0.15) is 14.4 Å². The van der Waals surface area contributed by atoms with Gasteiger partial charge in [-0.25, -0.2) is 8.42 Å². The van der Waals surface area contributed by atoms with E-state index in [9.17, 15) is 8.42 Å². The highest BCUT2D eigenvalue weighted by atomic mass is 35.5. The van der Waals surface area contributed by atoms with Crippen molar-refractivity contribution in [3.8, 4) is 0 Å². The van der Waals surface area contributed by atoms with Crippen LogP contribution in [0.3, 0.4) is 0 Å². The average Bonchev–Trinajstić information content (AvgIpc) is 3.24. The zero-order valence-electron chi connectivity index (χ0n) is 13.5. The van der Waals surface area contributed by atoms with Crippen LogP contribution in [-0.2, 0) is 10.0 Å². The number of furan rings is 1. The van der Waals surface area contributed by atoms with Crippen molar-refractivity contribution in [2.45, 2.75) is 4.21 Å². The largest absolute Gasteiger partial charge is 0.448 e. The van der Waals surface area contributed by atoms with Gasteiger partial charge in [0.2, 0.25) is 5.88 Å². The van der Waals surface area contributed by atoms with Gasteiger partial charge in [-0.2, -0.15) is 0 Å². The number of nitrogens with zero attached hydrogens (tertiary/aromatic N) is 1. The molecule has 0 fully saturated rings. The normalized spacial score (nSPS) is 14.0. The van der Waals surface area contributed by atoms with Crippen molar-refractivity contribution < 1.29 is 12.8 Å². The molecular formula is C16H12Cl2N4O3S2. The monoisotopic (exact) mass is 442 g/mol. The highest BCUT2D eigenvalue weighted by Crippen LogP contribution is 2.35. The molecule has 3 N–H and O–H groups in total. The minimum atomic E-state index is -3.78. The average molecular weight is 443 g/mol. The van der Waals surface area contributed by atoms with Crippen LogP contribution in [0.25, 0.3) is 0 Å². The second kappa shape index (κ2) is 6.75. The van der Waals surface area contributed by atoms with Crippen LogP contribution in [-0.4, -0.2) is 20.9 Å². The molecular weight excluding hydrogens is 431 g/mol. The van der Waals surface area contributed by atoms with E-state index in [-0.39, 0.29) is 13.6 Å². The summed E-state index contributed by atoms with van der Waals surface area (Å²) in [5.74, 6) is 0.864. The maximum atomic E-state index is 12.4. The molecule has 3 aromatic rings. The van der Waals surface area contributed by atoms with E-state index in [1.54, 1.807) is 35.2 Å². The maximum Gasteiger partial charge on any atom is 0.271 e. The third-order valence-electron chi connectivity index (χ3n) is 3.91. The van der Waals surface area contributed by atoms with Crippen LogP contribution < -0.4 is 14.9 Å². The van der Waals surface area contributed by atoms with E-state index in [1.165, 1.54) is 12.3 Å². The maximum absolute atomic E-state index is 12.4. The fourth-order valence-corrected chi connectivity index (χ4v) is 5.54. The quantitative estimate of drug-likeness (QED) is 0.545. The minimum absolute atomic E-state index is 0.0380. The number of nitrogens with one attached hydrogen (secondary N) is 3. The Balaban J connectivity index is 1.54. The first-order valence-corrected chi connectivity index (χ1v) is 10.7. The number of fused-ring (bicyclic) bond motifs is 1. The van der Waals surface area contributed by atoms with Crippen molar-refractivity contribution in [1.82, 2.24) is 0 Å². The van der Waals surface area contributed by atoms with Crippen molar-refractivity contribution in [3.63, 3.8) is 0 Å². The number of amidine groups is 1. The summed E-state index contributed by atoms with van der Waals surface area (Å²) in [6, 6.07) is 9.75. The van der Waals surface area contributed by atoms with Crippen molar-refractivity contribution in [2.75, 3.05) is 21.6 Å². The van der Waals surface area contributed by atoms with Gasteiger partial charge in [0.15, 0.2) is 0 Å². The van der Waals surface area contributed by atoms with Crippen LogP contribution in [0.4, 0.5) is 17.3 Å². The van der Waals surface area contributed by atoms with Crippen molar-refractivity contribution in [2.24, 2.45) is 0 Å². The van der Waals surface area contributed by atoms with Crippen LogP contribution >= 0.6 is 34.5 Å². The van der Waals surface area contributed by atoms with E-state index in [0.717, 1.165) is 17.0 Å². The van der Waals surface area contributed by atoms with Gasteiger partial charge in [-0.05, 0) is 36.4 Å². The SMILES string of the molecule is N=C1c2ccoc2NCN1c1ccc(NS(=O)(=O)c2cc(Cl)c(Cl)s2)cc1. The van der Waals surface area contributed by atoms with E-state index in [0.29, 0.717) is 29.6 Å². The van der Waals surface area contributed by atoms with Gasteiger partial charge in [0.25, 0.3) is 10.0 Å². The van der Waals surface area contributed by atoms with E-state index >= 15 is 0 Å². The second-order valence-electron chi connectivity index (χ2n) is 5.61. The molecule has 27 heavy (non-hydrogen) atoms. The number of anilines is 3. The second-order valence-corrected chi connectivity index (χ2v) is 9.59. The first-order valence-electron chi connectivity index (χ1n) is 7.61. The summed E-state index contributed by atoms with van der Waals surface area (Å²) < 4.78 is 32.9. The lowest BCUT2D eigenvalue weighted by Gasteiger charge is -2.29. The van der Waals surface area contributed by atoms with Crippen LogP contribution in [0.1, 0.15) is 5.56 Å². The zero-order valence-corrected chi connectivity index (χ0v) is 16.6. The van der Waals surface area contributed by atoms with Crippen molar-refractivity contribution >= 4 is 67.7 Å². The molecule has 3 heterocycles. The Bertz CT molecular complexity index is 1100. The fraction of sp³-hybridized carbons (Fsp3) is 0.0625. The Labute approximate surface area is 169 Å². The van der Waals surface area contributed by atoms with Gasteiger partial charge in [-0.1, -0.05) is 23.2 Å². The summed E-state index contributed by atoms with van der Waals surface area (Å²) in [6.07, 6.45) is 1.52. The molecule has 0 unspecified atom stereocenters. The number of hydrogen-bond acceptors (Lipinski definition) is 6. The number of thiophene rings is 1. The van der Waals surface area contributed by atoms with Gasteiger partial charge in [-0.3, -0.25) is 10.1 Å². The first kappa shape index (κ1) is 18.2. The molecule has 1 aliphatic rings. The molecule has 0 saturated carbocycles. The number of sulfonamides is 1. The van der Waals surface area contributed by atoms with Crippen molar-refractivity contribution in [3.05, 3.63) is 57.6 Å². The van der Waals surface area contributed by atoms with E-state index in [1.807, 2.05) is 0 Å². The third-order valence-corrected chi connectivity index (χ3v) is 7.63. The Morgan fingerprint density at radius 2 is 1.96 bits per heavy atom. The van der Waals surface area contributed by atoms with Gasteiger partial charge in [-0.15, -0.1) is 11.3 Å². The highest BCUT2D eigenvalue weighted by molar-refractivity contribution is 7.94. The van der Waals surface area contributed by atoms with E-state index in [2.05, 4.69) is 10.0 Å². The summed E-state index contributed by atoms with van der Waals surface area (Å²) in [5.41, 5.74) is 1.79. The fourth-order valence-electron chi connectivity index (χ4n) is 2.60. The number of hydrogen-bond donors (Lipinski definition) is 3. The Morgan fingerprint density at radius 1 is 1.22 bits per heavy atom. The molecule has 0 bridgehead atoms. The van der Waals surface area contributed by atoms with Gasteiger partial charge < -0.3 is 14.6 Å². The molecule has 2 aromatic heterocycles. The smallest absolute Gasteiger partial charge is 0.271 e. The summed E-state index contributed by atoms with van der Waals surface area (Å²) >= 11 is 12.6. The molecule has 1 aliphatic heterocycles. The Morgan fingerprint density at radius 3 is 2.63 bits per heavy atom. The topological polar surface area (TPSA) is 98.4 Å². The van der Waals surface area contributed by atoms with Crippen LogP contribution in [0.15, 0.2) is 51.3 Å². The zero-order chi connectivity index (χ0) is 19.2.